The van der Waals surface area contributed by atoms with Gasteiger partial charge in [0.15, 0.2) is 6.10 Å². The van der Waals surface area contributed by atoms with Gasteiger partial charge in [-0.1, -0.05) is 22.0 Å². The number of nitrogens with one attached hydrogen (secondary N) is 1. The van der Waals surface area contributed by atoms with E-state index in [1.54, 1.807) is 6.92 Å². The third-order valence-electron chi connectivity index (χ3n) is 3.27. The minimum absolute atomic E-state index is 0.171. The van der Waals surface area contributed by atoms with Crippen LogP contribution in [0.4, 0.5) is 5.69 Å². The zero-order chi connectivity index (χ0) is 15.4. The number of hydrogen-bond acceptors (Lipinski definition) is 2. The van der Waals surface area contributed by atoms with Crippen LogP contribution >= 0.6 is 15.9 Å². The quantitative estimate of drug-likeness (QED) is 0.885. The molecule has 1 amide bonds. The Bertz CT molecular complexity index is 638. The van der Waals surface area contributed by atoms with E-state index in [0.29, 0.717) is 5.75 Å². The van der Waals surface area contributed by atoms with Crippen LogP contribution < -0.4 is 10.1 Å². The second kappa shape index (κ2) is 6.76. The van der Waals surface area contributed by atoms with Crippen LogP contribution in [0.25, 0.3) is 0 Å². The van der Waals surface area contributed by atoms with Gasteiger partial charge in [-0.05, 0) is 68.3 Å². The summed E-state index contributed by atoms with van der Waals surface area (Å²) in [5.41, 5.74) is 3.10. The van der Waals surface area contributed by atoms with Gasteiger partial charge in [0, 0.05) is 10.2 Å². The Morgan fingerprint density at radius 2 is 1.76 bits per heavy atom. The van der Waals surface area contributed by atoms with Gasteiger partial charge in [0.05, 0.1) is 0 Å². The van der Waals surface area contributed by atoms with Crippen molar-refractivity contribution in [2.75, 3.05) is 5.32 Å². The minimum atomic E-state index is -0.559. The number of carbonyl (C=O) groups is 1. The van der Waals surface area contributed by atoms with Crippen LogP contribution in [-0.2, 0) is 4.79 Å². The molecule has 0 bridgehead atoms. The predicted molar refractivity (Wildman–Crippen MR) is 88.8 cm³/mol. The lowest BCUT2D eigenvalue weighted by Crippen LogP contribution is -2.30. The highest BCUT2D eigenvalue weighted by Gasteiger charge is 2.15. The minimum Gasteiger partial charge on any atom is -0.481 e. The average Bonchev–Trinajstić information content (AvgIpc) is 2.45. The number of anilines is 1. The zero-order valence-corrected chi connectivity index (χ0v) is 13.9. The van der Waals surface area contributed by atoms with E-state index in [1.165, 1.54) is 5.56 Å². The number of ether oxygens (including phenoxy) is 1. The third-order valence-corrected chi connectivity index (χ3v) is 3.80. The fourth-order valence-corrected chi connectivity index (χ4v) is 2.09. The number of benzene rings is 2. The number of carbonyl (C=O) groups excluding carboxylic acids is 1. The van der Waals surface area contributed by atoms with E-state index in [2.05, 4.69) is 21.2 Å². The Labute approximate surface area is 133 Å². The first kappa shape index (κ1) is 15.6. The molecule has 0 aliphatic rings. The first-order valence-corrected chi connectivity index (χ1v) is 7.55. The Balaban J connectivity index is 1.98. The lowest BCUT2D eigenvalue weighted by atomic mass is 10.1. The molecule has 0 aliphatic carbocycles. The Morgan fingerprint density at radius 1 is 1.10 bits per heavy atom. The maximum atomic E-state index is 12.1. The molecule has 0 fully saturated rings. The molecule has 4 heteroatoms. The number of rotatable bonds is 4. The van der Waals surface area contributed by atoms with Gasteiger partial charge in [-0.2, -0.15) is 0 Å². The predicted octanol–water partition coefficient (Wildman–Crippen LogP) is 4.47. The SMILES string of the molecule is Cc1ccc(O[C@@H](C)C(=O)Nc2ccc(Br)cc2)cc1C. The molecule has 3 nitrogen and oxygen atoms in total. The average molecular weight is 348 g/mol. The van der Waals surface area contributed by atoms with Gasteiger partial charge < -0.3 is 10.1 Å². The zero-order valence-electron chi connectivity index (χ0n) is 12.3. The second-order valence-electron chi connectivity index (χ2n) is 5.00. The van der Waals surface area contributed by atoms with Crippen molar-refractivity contribution >= 4 is 27.5 Å². The molecule has 2 aromatic rings. The summed E-state index contributed by atoms with van der Waals surface area (Å²) in [6.45, 7) is 5.81. The van der Waals surface area contributed by atoms with Crippen LogP contribution in [0.1, 0.15) is 18.1 Å². The maximum Gasteiger partial charge on any atom is 0.265 e. The number of amides is 1. The van der Waals surface area contributed by atoms with Crippen LogP contribution in [0.3, 0.4) is 0 Å². The fourth-order valence-electron chi connectivity index (χ4n) is 1.82. The van der Waals surface area contributed by atoms with Crippen molar-refractivity contribution in [3.63, 3.8) is 0 Å². The first-order chi connectivity index (χ1) is 9.95. The topological polar surface area (TPSA) is 38.3 Å². The van der Waals surface area contributed by atoms with Crippen LogP contribution in [0.5, 0.6) is 5.75 Å². The monoisotopic (exact) mass is 347 g/mol. The van der Waals surface area contributed by atoms with Gasteiger partial charge in [-0.15, -0.1) is 0 Å². The smallest absolute Gasteiger partial charge is 0.265 e. The van der Waals surface area contributed by atoms with Crippen LogP contribution in [-0.4, -0.2) is 12.0 Å². The highest BCUT2D eigenvalue weighted by molar-refractivity contribution is 9.10. The fraction of sp³-hybridized carbons (Fsp3) is 0.235. The van der Waals surface area contributed by atoms with Gasteiger partial charge in [0.25, 0.3) is 5.91 Å². The summed E-state index contributed by atoms with van der Waals surface area (Å²) in [6.07, 6.45) is -0.559. The second-order valence-corrected chi connectivity index (χ2v) is 5.92. The highest BCUT2D eigenvalue weighted by atomic mass is 79.9. The molecule has 0 spiro atoms. The van der Waals surface area contributed by atoms with E-state index in [0.717, 1.165) is 15.7 Å². The lowest BCUT2D eigenvalue weighted by Gasteiger charge is -2.15. The summed E-state index contributed by atoms with van der Waals surface area (Å²) >= 11 is 3.36. The van der Waals surface area contributed by atoms with Crippen molar-refractivity contribution in [3.8, 4) is 5.75 Å². The summed E-state index contributed by atoms with van der Waals surface area (Å²) in [4.78, 5) is 12.1. The summed E-state index contributed by atoms with van der Waals surface area (Å²) in [5, 5.41) is 2.83. The van der Waals surface area contributed by atoms with Crippen molar-refractivity contribution in [2.45, 2.75) is 26.9 Å². The summed E-state index contributed by atoms with van der Waals surface area (Å²) in [5.74, 6) is 0.534. The third kappa shape index (κ3) is 4.33. The molecule has 0 aliphatic heterocycles. The normalized spacial score (nSPS) is 11.8. The van der Waals surface area contributed by atoms with E-state index >= 15 is 0 Å². The highest BCUT2D eigenvalue weighted by Crippen LogP contribution is 2.19. The van der Waals surface area contributed by atoms with Crippen molar-refractivity contribution < 1.29 is 9.53 Å². The molecule has 1 N–H and O–H groups in total. The molecule has 0 heterocycles. The number of aryl methyl sites for hydroxylation is 2. The van der Waals surface area contributed by atoms with Gasteiger partial charge in [-0.3, -0.25) is 4.79 Å². The Morgan fingerprint density at radius 3 is 2.38 bits per heavy atom. The van der Waals surface area contributed by atoms with Gasteiger partial charge in [-0.25, -0.2) is 0 Å². The molecule has 0 unspecified atom stereocenters. The molecule has 0 saturated heterocycles. The van der Waals surface area contributed by atoms with Crippen molar-refractivity contribution in [1.29, 1.82) is 0 Å². The van der Waals surface area contributed by atoms with Crippen molar-refractivity contribution in [3.05, 3.63) is 58.1 Å². The van der Waals surface area contributed by atoms with Crippen LogP contribution in [0.15, 0.2) is 46.9 Å². The van der Waals surface area contributed by atoms with E-state index < -0.39 is 6.10 Å². The molecule has 21 heavy (non-hydrogen) atoms. The number of halogens is 1. The maximum absolute atomic E-state index is 12.1. The molecular formula is C17H18BrNO2. The largest absolute Gasteiger partial charge is 0.481 e. The molecule has 110 valence electrons. The lowest BCUT2D eigenvalue weighted by molar-refractivity contribution is -0.122. The molecule has 0 radical (unpaired) electrons. The number of hydrogen-bond donors (Lipinski definition) is 1. The van der Waals surface area contributed by atoms with Gasteiger partial charge in [0.2, 0.25) is 0 Å². The summed E-state index contributed by atoms with van der Waals surface area (Å²) in [7, 11) is 0. The standard InChI is InChI=1S/C17H18BrNO2/c1-11-4-9-16(10-12(11)2)21-13(3)17(20)19-15-7-5-14(18)6-8-15/h4-10,13H,1-3H3,(H,19,20)/t13-/m0/s1. The van der Waals surface area contributed by atoms with Crippen LogP contribution in [0, 0.1) is 13.8 Å². The summed E-state index contributed by atoms with van der Waals surface area (Å²) < 4.78 is 6.66. The molecule has 2 rings (SSSR count). The molecular weight excluding hydrogens is 330 g/mol. The Kier molecular flexibility index (Phi) is 5.02. The first-order valence-electron chi connectivity index (χ1n) is 6.76. The molecule has 0 aromatic heterocycles. The summed E-state index contributed by atoms with van der Waals surface area (Å²) in [6, 6.07) is 13.2. The molecule has 2 aromatic carbocycles. The van der Waals surface area contributed by atoms with E-state index in [9.17, 15) is 4.79 Å². The van der Waals surface area contributed by atoms with E-state index in [1.807, 2.05) is 56.3 Å². The van der Waals surface area contributed by atoms with Crippen molar-refractivity contribution in [2.24, 2.45) is 0 Å². The van der Waals surface area contributed by atoms with Gasteiger partial charge in [0.1, 0.15) is 5.75 Å². The van der Waals surface area contributed by atoms with E-state index in [4.69, 9.17) is 4.74 Å². The van der Waals surface area contributed by atoms with Crippen LogP contribution in [0.2, 0.25) is 0 Å². The van der Waals surface area contributed by atoms with Gasteiger partial charge >= 0.3 is 0 Å². The molecule has 0 saturated carbocycles. The Hall–Kier alpha value is -1.81. The molecule has 1 atom stereocenters. The van der Waals surface area contributed by atoms with Crippen molar-refractivity contribution in [1.82, 2.24) is 0 Å². The van der Waals surface area contributed by atoms with E-state index in [-0.39, 0.29) is 5.91 Å².